The zero-order valence-electron chi connectivity index (χ0n) is 6.34. The summed E-state index contributed by atoms with van der Waals surface area (Å²) in [6.07, 6.45) is 0. The van der Waals surface area contributed by atoms with Crippen LogP contribution in [0, 0.1) is 12.4 Å². The van der Waals surface area contributed by atoms with Crippen LogP contribution in [0.5, 0.6) is 11.5 Å². The van der Waals surface area contributed by atoms with Gasteiger partial charge in [0, 0.05) is 12.1 Å². The van der Waals surface area contributed by atoms with Gasteiger partial charge in [0.2, 0.25) is 0 Å². The number of rotatable bonds is 1. The van der Waals surface area contributed by atoms with Crippen LogP contribution in [-0.4, -0.2) is 12.2 Å². The first-order chi connectivity index (χ1) is 5.69. The lowest BCUT2D eigenvalue weighted by Gasteiger charge is -2.03. The molecule has 1 N–H and O–H groups in total. The smallest absolute Gasteiger partial charge is 0.263 e. The fourth-order valence-corrected chi connectivity index (χ4v) is 0.824. The summed E-state index contributed by atoms with van der Waals surface area (Å²) in [6.45, 7) is 6.62. The summed E-state index contributed by atoms with van der Waals surface area (Å²) in [6, 6.07) is 2.06. The van der Waals surface area contributed by atoms with Gasteiger partial charge in [-0.2, -0.15) is 0 Å². The van der Waals surface area contributed by atoms with Gasteiger partial charge in [-0.1, -0.05) is 0 Å². The minimum atomic E-state index is -0.776. The summed E-state index contributed by atoms with van der Waals surface area (Å²) in [5.41, 5.74) is -0.213. The van der Waals surface area contributed by atoms with Crippen molar-refractivity contribution in [3.63, 3.8) is 0 Å². The molecule has 0 bridgehead atoms. The number of nitrogens with zero attached hydrogens (tertiary/aromatic N) is 1. The summed E-state index contributed by atoms with van der Waals surface area (Å²) in [4.78, 5) is 2.92. The molecular formula is C8H6FNO2. The Bertz CT molecular complexity index is 344. The average Bonchev–Trinajstić information content (AvgIpc) is 2.03. The highest BCUT2D eigenvalue weighted by atomic mass is 19.1. The van der Waals surface area contributed by atoms with Gasteiger partial charge in [-0.05, 0) is 0 Å². The maximum atomic E-state index is 12.8. The number of phenols is 1. The van der Waals surface area contributed by atoms with E-state index in [1.165, 1.54) is 13.2 Å². The molecule has 4 heteroatoms. The van der Waals surface area contributed by atoms with Crippen LogP contribution in [0.3, 0.4) is 0 Å². The molecule has 0 atom stereocenters. The molecule has 1 rings (SSSR count). The minimum absolute atomic E-state index is 0.0440. The van der Waals surface area contributed by atoms with Crippen molar-refractivity contribution >= 4 is 5.69 Å². The van der Waals surface area contributed by atoms with E-state index in [0.29, 0.717) is 0 Å². The highest BCUT2D eigenvalue weighted by Gasteiger charge is 2.10. The first-order valence-electron chi connectivity index (χ1n) is 3.13. The van der Waals surface area contributed by atoms with Gasteiger partial charge in [-0.3, -0.25) is 0 Å². The second kappa shape index (κ2) is 3.09. The molecule has 0 spiro atoms. The van der Waals surface area contributed by atoms with Crippen molar-refractivity contribution in [3.8, 4) is 11.5 Å². The van der Waals surface area contributed by atoms with E-state index in [1.54, 1.807) is 0 Å². The molecule has 0 radical (unpaired) electrons. The van der Waals surface area contributed by atoms with Crippen LogP contribution >= 0.6 is 0 Å². The molecule has 0 saturated heterocycles. The van der Waals surface area contributed by atoms with Crippen molar-refractivity contribution in [1.82, 2.24) is 0 Å². The molecule has 62 valence electrons. The SMILES string of the molecule is [C-]#[N+]c1c(F)cc(O)cc1OC. The maximum absolute atomic E-state index is 12.8. The van der Waals surface area contributed by atoms with E-state index < -0.39 is 5.82 Å². The molecule has 1 aromatic rings. The molecule has 0 aliphatic rings. The van der Waals surface area contributed by atoms with Crippen LogP contribution in [0.25, 0.3) is 4.85 Å². The number of hydrogen-bond acceptors (Lipinski definition) is 2. The van der Waals surface area contributed by atoms with Crippen molar-refractivity contribution in [2.45, 2.75) is 0 Å². The second-order valence-corrected chi connectivity index (χ2v) is 2.09. The number of methoxy groups -OCH3 is 1. The van der Waals surface area contributed by atoms with E-state index in [9.17, 15) is 4.39 Å². The summed E-state index contributed by atoms with van der Waals surface area (Å²) in [5.74, 6) is -0.985. The van der Waals surface area contributed by atoms with E-state index in [2.05, 4.69) is 9.58 Å². The van der Waals surface area contributed by atoms with Crippen LogP contribution in [-0.2, 0) is 0 Å². The number of aromatic hydroxyl groups is 1. The summed E-state index contributed by atoms with van der Waals surface area (Å²) >= 11 is 0. The van der Waals surface area contributed by atoms with Gasteiger partial charge >= 0.3 is 0 Å². The normalized spacial score (nSPS) is 9.08. The van der Waals surface area contributed by atoms with E-state index in [1.807, 2.05) is 0 Å². The molecule has 0 aliphatic carbocycles. The van der Waals surface area contributed by atoms with Gasteiger partial charge in [-0.25, -0.2) is 9.24 Å². The third kappa shape index (κ3) is 1.30. The van der Waals surface area contributed by atoms with Gasteiger partial charge in [-0.15, -0.1) is 0 Å². The second-order valence-electron chi connectivity index (χ2n) is 2.09. The molecule has 3 nitrogen and oxygen atoms in total. The minimum Gasteiger partial charge on any atom is -0.508 e. The van der Waals surface area contributed by atoms with Crippen LogP contribution < -0.4 is 4.74 Å². The average molecular weight is 167 g/mol. The van der Waals surface area contributed by atoms with E-state index in [4.69, 9.17) is 11.7 Å². The van der Waals surface area contributed by atoms with Crippen molar-refractivity contribution in [1.29, 1.82) is 0 Å². The highest BCUT2D eigenvalue weighted by Crippen LogP contribution is 2.33. The van der Waals surface area contributed by atoms with Crippen molar-refractivity contribution in [2.24, 2.45) is 0 Å². The molecule has 0 unspecified atom stereocenters. The Kier molecular flexibility index (Phi) is 2.15. The number of ether oxygens (including phenoxy) is 1. The molecule has 0 aromatic heterocycles. The van der Waals surface area contributed by atoms with Gasteiger partial charge in [0.25, 0.3) is 5.69 Å². The van der Waals surface area contributed by atoms with Crippen LogP contribution in [0.1, 0.15) is 0 Å². The predicted molar refractivity (Wildman–Crippen MR) is 40.9 cm³/mol. The highest BCUT2D eigenvalue weighted by molar-refractivity contribution is 5.60. The molecule has 0 fully saturated rings. The Balaban J connectivity index is 3.36. The molecule has 12 heavy (non-hydrogen) atoms. The van der Waals surface area contributed by atoms with E-state index in [-0.39, 0.29) is 17.2 Å². The first-order valence-corrected chi connectivity index (χ1v) is 3.13. The predicted octanol–water partition coefficient (Wildman–Crippen LogP) is 2.09. The molecule has 1 aromatic carbocycles. The molecule has 0 aliphatic heterocycles. The Morgan fingerprint density at radius 3 is 2.75 bits per heavy atom. The molecule has 0 saturated carbocycles. The monoisotopic (exact) mass is 167 g/mol. The Morgan fingerprint density at radius 1 is 1.58 bits per heavy atom. The summed E-state index contributed by atoms with van der Waals surface area (Å²) < 4.78 is 17.5. The zero-order valence-corrected chi connectivity index (χ0v) is 6.34. The van der Waals surface area contributed by atoms with Crippen molar-refractivity contribution in [3.05, 3.63) is 29.4 Å². The number of benzene rings is 1. The van der Waals surface area contributed by atoms with Gasteiger partial charge in [0.1, 0.15) is 17.3 Å². The lowest BCUT2D eigenvalue weighted by atomic mass is 10.2. The van der Waals surface area contributed by atoms with E-state index >= 15 is 0 Å². The Hall–Kier alpha value is -1.76. The topological polar surface area (TPSA) is 33.8 Å². The quantitative estimate of drug-likeness (QED) is 0.650. The van der Waals surface area contributed by atoms with E-state index in [0.717, 1.165) is 6.07 Å². The van der Waals surface area contributed by atoms with Crippen LogP contribution in [0.4, 0.5) is 10.1 Å². The lowest BCUT2D eigenvalue weighted by molar-refractivity contribution is 0.406. The zero-order chi connectivity index (χ0) is 9.14. The third-order valence-electron chi connectivity index (χ3n) is 1.34. The Labute approximate surface area is 68.8 Å². The maximum Gasteiger partial charge on any atom is 0.263 e. The van der Waals surface area contributed by atoms with Gasteiger partial charge in [0.05, 0.1) is 13.7 Å². The largest absolute Gasteiger partial charge is 0.508 e. The fourth-order valence-electron chi connectivity index (χ4n) is 0.824. The molecular weight excluding hydrogens is 161 g/mol. The summed E-state index contributed by atoms with van der Waals surface area (Å²) in [5, 5.41) is 8.92. The molecule has 0 amide bonds. The van der Waals surface area contributed by atoms with Crippen molar-refractivity contribution in [2.75, 3.05) is 7.11 Å². The molecule has 0 heterocycles. The third-order valence-corrected chi connectivity index (χ3v) is 1.34. The van der Waals surface area contributed by atoms with Crippen LogP contribution in [0.2, 0.25) is 0 Å². The van der Waals surface area contributed by atoms with Gasteiger partial charge < -0.3 is 9.84 Å². The van der Waals surface area contributed by atoms with Crippen molar-refractivity contribution < 1.29 is 14.2 Å². The number of hydrogen-bond donors (Lipinski definition) is 1. The lowest BCUT2D eigenvalue weighted by Crippen LogP contribution is -1.85. The number of phenolic OH excluding ortho intramolecular Hbond substituents is 1. The fraction of sp³-hybridized carbons (Fsp3) is 0.125. The first kappa shape index (κ1) is 8.34. The van der Waals surface area contributed by atoms with Gasteiger partial charge in [0.15, 0.2) is 0 Å². The Morgan fingerprint density at radius 2 is 2.25 bits per heavy atom. The number of halogens is 1. The summed E-state index contributed by atoms with van der Waals surface area (Å²) in [7, 11) is 1.31. The van der Waals surface area contributed by atoms with Crippen LogP contribution in [0.15, 0.2) is 12.1 Å². The standard InChI is InChI=1S/C8H6FNO2/c1-10-8-6(9)3-5(11)4-7(8)12-2/h3-4,11H,2H3.